The van der Waals surface area contributed by atoms with Crippen LogP contribution in [-0.2, 0) is 32.1 Å². The molecule has 44 heavy (non-hydrogen) atoms. The number of rotatable bonds is 3. The van der Waals surface area contributed by atoms with Crippen molar-refractivity contribution in [2.45, 2.75) is 90.6 Å². The van der Waals surface area contributed by atoms with Crippen LogP contribution < -0.4 is 0 Å². The van der Waals surface area contributed by atoms with Crippen LogP contribution in [0.15, 0.2) is 87.3 Å². The molecule has 0 nitrogen and oxygen atoms in total. The molecule has 0 aromatic heterocycles. The Balaban J connectivity index is 1.56. The summed E-state index contributed by atoms with van der Waals surface area (Å²) in [4.78, 5) is 0. The molecule has 0 aliphatic heterocycles. The zero-order valence-electron chi connectivity index (χ0n) is 28.7. The molecule has 0 N–H and O–H groups in total. The Hall–Kier alpha value is -2.63. The summed E-state index contributed by atoms with van der Waals surface area (Å²) >= 11 is -2.61. The summed E-state index contributed by atoms with van der Waals surface area (Å²) in [5.74, 6) is 0.482. The first kappa shape index (κ1) is 30.0. The van der Waals surface area contributed by atoms with Gasteiger partial charge < -0.3 is 0 Å². The topological polar surface area (TPSA) is 0 Å². The van der Waals surface area contributed by atoms with E-state index in [1.165, 1.54) is 50.1 Å². The number of allylic oxidation sites excluding steroid dienone is 8. The Bertz CT molecular complexity index is 1820. The van der Waals surface area contributed by atoms with Gasteiger partial charge in [0, 0.05) is 0 Å². The van der Waals surface area contributed by atoms with E-state index >= 15 is 0 Å². The number of hydrogen-bond acceptors (Lipinski definition) is 0. The number of hydrogen-bond donors (Lipinski definition) is 0. The molecule has 0 amide bonds. The van der Waals surface area contributed by atoms with Gasteiger partial charge in [0.05, 0.1) is 0 Å². The van der Waals surface area contributed by atoms with Gasteiger partial charge in [0.1, 0.15) is 0 Å². The SMILES string of the molecule is CC1=CC(C)(C)c2cc3c(cc21)-c1cc2c(cc1[CH]3[Zr](=[CH]c1ccccc1)[C]1=C(C)C(C(C)(C)C)=CC1C)C(C)(C)C=C2C. The van der Waals surface area contributed by atoms with Gasteiger partial charge >= 0.3 is 275 Å². The fourth-order valence-corrected chi connectivity index (χ4v) is 17.7. The molecule has 3 aromatic rings. The molecule has 0 spiro atoms. The van der Waals surface area contributed by atoms with Gasteiger partial charge in [0.15, 0.2) is 0 Å². The van der Waals surface area contributed by atoms with E-state index in [1.54, 1.807) is 25.6 Å². The Labute approximate surface area is 273 Å². The first-order valence-electron chi connectivity index (χ1n) is 16.6. The fraction of sp³-hybridized carbons (Fsp3) is 0.372. The molecular formula is C43H48Zr. The quantitative estimate of drug-likeness (QED) is 0.263. The van der Waals surface area contributed by atoms with E-state index in [2.05, 4.69) is 153 Å². The normalized spacial score (nSPS) is 21.6. The van der Waals surface area contributed by atoms with Gasteiger partial charge in [-0.2, -0.15) is 0 Å². The average Bonchev–Trinajstić information content (AvgIpc) is 3.57. The second-order valence-electron chi connectivity index (χ2n) is 16.2. The maximum atomic E-state index is 2.80. The third-order valence-corrected chi connectivity index (χ3v) is 19.1. The second-order valence-corrected chi connectivity index (χ2v) is 21.9. The predicted octanol–water partition coefficient (Wildman–Crippen LogP) is 11.5. The number of fused-ring (bicyclic) bond motifs is 5. The van der Waals surface area contributed by atoms with E-state index in [1.807, 2.05) is 0 Å². The van der Waals surface area contributed by atoms with Gasteiger partial charge in [0.25, 0.3) is 0 Å². The van der Waals surface area contributed by atoms with Crippen molar-refractivity contribution in [1.82, 2.24) is 0 Å². The van der Waals surface area contributed by atoms with Crippen molar-refractivity contribution < 1.29 is 21.3 Å². The van der Waals surface area contributed by atoms with Crippen LogP contribution in [0.1, 0.15) is 119 Å². The Morgan fingerprint density at radius 1 is 0.705 bits per heavy atom. The van der Waals surface area contributed by atoms with Crippen LogP contribution in [0.3, 0.4) is 0 Å². The van der Waals surface area contributed by atoms with Crippen LogP contribution >= 0.6 is 0 Å². The van der Waals surface area contributed by atoms with Crippen molar-refractivity contribution in [1.29, 1.82) is 0 Å². The molecule has 0 radical (unpaired) electrons. The van der Waals surface area contributed by atoms with Crippen LogP contribution in [0, 0.1) is 11.3 Å². The summed E-state index contributed by atoms with van der Waals surface area (Å²) in [6.07, 6.45) is 7.59. The van der Waals surface area contributed by atoms with E-state index in [4.69, 9.17) is 0 Å². The molecule has 0 heterocycles. The molecule has 4 aliphatic rings. The summed E-state index contributed by atoms with van der Waals surface area (Å²) in [5, 5.41) is 0. The van der Waals surface area contributed by atoms with Gasteiger partial charge in [-0.05, 0) is 0 Å². The van der Waals surface area contributed by atoms with Crippen LogP contribution in [-0.4, -0.2) is 3.71 Å². The summed E-state index contributed by atoms with van der Waals surface area (Å²) < 4.78 is 5.03. The van der Waals surface area contributed by atoms with E-state index in [-0.39, 0.29) is 16.2 Å². The first-order chi connectivity index (χ1) is 20.6. The molecule has 7 rings (SSSR count). The monoisotopic (exact) mass is 654 g/mol. The molecular weight excluding hydrogens is 608 g/mol. The van der Waals surface area contributed by atoms with Gasteiger partial charge in [-0.25, -0.2) is 0 Å². The minimum absolute atomic E-state index is 0.0559. The van der Waals surface area contributed by atoms with Crippen LogP contribution in [0.5, 0.6) is 0 Å². The summed E-state index contributed by atoms with van der Waals surface area (Å²) in [6, 6.07) is 21.7. The van der Waals surface area contributed by atoms with Crippen LogP contribution in [0.2, 0.25) is 0 Å². The molecule has 1 unspecified atom stereocenters. The van der Waals surface area contributed by atoms with E-state index in [0.29, 0.717) is 9.54 Å². The average molecular weight is 656 g/mol. The molecule has 0 saturated carbocycles. The Morgan fingerprint density at radius 2 is 1.20 bits per heavy atom. The Morgan fingerprint density at radius 3 is 1.66 bits per heavy atom. The standard InChI is InChI=1S/C25H25.C11H17.C7H6.Zr/c1-14-12-24(3,4)22-8-16-7-17-9-23-19(15(2)13-25(23,5)6)11-21(17)20(16)10-18(14)22;1-8-6-9(2)10(7-8)11(3,4)5;1-7-5-3-2-4-6-7;/h7-13H,1-6H3;7-8H,1-5H3;1-6H;. The Kier molecular flexibility index (Phi) is 6.78. The first-order valence-corrected chi connectivity index (χ1v) is 20.6. The summed E-state index contributed by atoms with van der Waals surface area (Å²) in [5.41, 5.74) is 19.7. The summed E-state index contributed by atoms with van der Waals surface area (Å²) in [7, 11) is 0. The van der Waals surface area contributed by atoms with Crippen molar-refractivity contribution in [2.24, 2.45) is 11.3 Å². The van der Waals surface area contributed by atoms with Crippen molar-refractivity contribution in [3.63, 3.8) is 0 Å². The van der Waals surface area contributed by atoms with Crippen molar-refractivity contribution in [3.05, 3.63) is 126 Å². The number of benzene rings is 3. The van der Waals surface area contributed by atoms with Gasteiger partial charge in [-0.1, -0.05) is 0 Å². The molecule has 1 heteroatoms. The van der Waals surface area contributed by atoms with Crippen LogP contribution in [0.25, 0.3) is 22.3 Å². The molecule has 4 aliphatic carbocycles. The predicted molar refractivity (Wildman–Crippen MR) is 188 cm³/mol. The molecule has 224 valence electrons. The third-order valence-electron chi connectivity index (χ3n) is 10.9. The molecule has 0 saturated heterocycles. The third kappa shape index (κ3) is 4.51. The van der Waals surface area contributed by atoms with Crippen molar-refractivity contribution in [2.75, 3.05) is 0 Å². The molecule has 3 aromatic carbocycles. The minimum atomic E-state index is -2.61. The van der Waals surface area contributed by atoms with E-state index in [9.17, 15) is 0 Å². The van der Waals surface area contributed by atoms with E-state index < -0.39 is 21.3 Å². The van der Waals surface area contributed by atoms with E-state index in [0.717, 1.165) is 0 Å². The summed E-state index contributed by atoms with van der Waals surface area (Å²) in [6.45, 7) is 26.3. The maximum absolute atomic E-state index is 2.80. The molecule has 0 fully saturated rings. The molecule has 0 bridgehead atoms. The van der Waals surface area contributed by atoms with Crippen LogP contribution in [0.4, 0.5) is 0 Å². The fourth-order valence-electron chi connectivity index (χ4n) is 9.07. The van der Waals surface area contributed by atoms with Gasteiger partial charge in [-0.3, -0.25) is 0 Å². The van der Waals surface area contributed by atoms with Gasteiger partial charge in [0.2, 0.25) is 0 Å². The zero-order valence-corrected chi connectivity index (χ0v) is 31.1. The van der Waals surface area contributed by atoms with Gasteiger partial charge in [-0.15, -0.1) is 0 Å². The van der Waals surface area contributed by atoms with Crippen molar-refractivity contribution in [3.8, 4) is 11.1 Å². The molecule has 1 atom stereocenters. The van der Waals surface area contributed by atoms with Crippen molar-refractivity contribution >= 4 is 14.9 Å². The second kappa shape index (κ2) is 9.93. The zero-order chi connectivity index (χ0) is 31.5.